The highest BCUT2D eigenvalue weighted by molar-refractivity contribution is 5.96. The Morgan fingerprint density at radius 1 is 1.38 bits per heavy atom. The standard InChI is InChI=1S/C15H13N5O/c1-3-19(2)15(21)13-10-18-20(14(13)9-17)12-6-4-5-11(7-12)8-16/h4-7,10H,3H2,1-2H3. The Bertz CT molecular complexity index is 763. The van der Waals surface area contributed by atoms with E-state index >= 15 is 0 Å². The van der Waals surface area contributed by atoms with Gasteiger partial charge in [0.2, 0.25) is 0 Å². The molecule has 0 radical (unpaired) electrons. The van der Waals surface area contributed by atoms with Crippen molar-refractivity contribution in [3.8, 4) is 17.8 Å². The minimum atomic E-state index is -0.253. The van der Waals surface area contributed by atoms with Crippen molar-refractivity contribution in [1.29, 1.82) is 10.5 Å². The summed E-state index contributed by atoms with van der Waals surface area (Å²) in [6, 6.07) is 10.8. The molecule has 1 aromatic carbocycles. The van der Waals surface area contributed by atoms with Gasteiger partial charge < -0.3 is 4.90 Å². The van der Waals surface area contributed by atoms with Gasteiger partial charge in [-0.05, 0) is 25.1 Å². The fourth-order valence-electron chi connectivity index (χ4n) is 1.86. The Labute approximate surface area is 122 Å². The highest BCUT2D eigenvalue weighted by Gasteiger charge is 2.20. The smallest absolute Gasteiger partial charge is 0.258 e. The predicted octanol–water partition coefficient (Wildman–Crippen LogP) is 1.71. The zero-order valence-electron chi connectivity index (χ0n) is 11.7. The molecule has 1 aromatic heterocycles. The van der Waals surface area contributed by atoms with Crippen LogP contribution < -0.4 is 0 Å². The zero-order valence-corrected chi connectivity index (χ0v) is 11.7. The van der Waals surface area contributed by atoms with E-state index in [2.05, 4.69) is 5.10 Å². The number of carbonyl (C=O) groups excluding carboxylic acids is 1. The lowest BCUT2D eigenvalue weighted by Gasteiger charge is -2.13. The van der Waals surface area contributed by atoms with Gasteiger partial charge in [-0.3, -0.25) is 4.79 Å². The topological polar surface area (TPSA) is 85.7 Å². The third kappa shape index (κ3) is 2.60. The number of rotatable bonds is 3. The molecular weight excluding hydrogens is 266 g/mol. The molecule has 0 saturated carbocycles. The van der Waals surface area contributed by atoms with Gasteiger partial charge in [0, 0.05) is 13.6 Å². The SMILES string of the molecule is CCN(C)C(=O)c1cnn(-c2cccc(C#N)c2)c1C#N. The Balaban J connectivity index is 2.53. The van der Waals surface area contributed by atoms with E-state index in [0.29, 0.717) is 17.8 Å². The molecule has 0 aliphatic heterocycles. The van der Waals surface area contributed by atoms with E-state index in [1.807, 2.05) is 19.1 Å². The molecule has 0 spiro atoms. The van der Waals surface area contributed by atoms with Gasteiger partial charge in [0.05, 0.1) is 29.1 Å². The normalized spacial score (nSPS) is 9.71. The van der Waals surface area contributed by atoms with Crippen molar-refractivity contribution in [2.75, 3.05) is 13.6 Å². The Morgan fingerprint density at radius 3 is 2.76 bits per heavy atom. The van der Waals surface area contributed by atoms with Crippen LogP contribution in [0.1, 0.15) is 28.5 Å². The van der Waals surface area contributed by atoms with E-state index in [1.54, 1.807) is 31.3 Å². The Hall–Kier alpha value is -3.12. The summed E-state index contributed by atoms with van der Waals surface area (Å²) in [5, 5.41) is 22.4. The van der Waals surface area contributed by atoms with Gasteiger partial charge in [0.25, 0.3) is 5.91 Å². The molecule has 0 atom stereocenters. The van der Waals surface area contributed by atoms with Gasteiger partial charge in [-0.25, -0.2) is 4.68 Å². The molecule has 6 heteroatoms. The minimum Gasteiger partial charge on any atom is -0.342 e. The number of hydrogen-bond donors (Lipinski definition) is 0. The Morgan fingerprint density at radius 2 is 2.14 bits per heavy atom. The molecule has 0 aliphatic rings. The van der Waals surface area contributed by atoms with E-state index in [9.17, 15) is 10.1 Å². The molecule has 21 heavy (non-hydrogen) atoms. The second-order valence-corrected chi connectivity index (χ2v) is 4.41. The number of nitrogens with zero attached hydrogens (tertiary/aromatic N) is 5. The van der Waals surface area contributed by atoms with Crippen LogP contribution in [0.2, 0.25) is 0 Å². The monoisotopic (exact) mass is 279 g/mol. The summed E-state index contributed by atoms with van der Waals surface area (Å²) >= 11 is 0. The van der Waals surface area contributed by atoms with Crippen LogP contribution in [0.25, 0.3) is 5.69 Å². The molecule has 0 N–H and O–H groups in total. The van der Waals surface area contributed by atoms with Crippen molar-refractivity contribution in [1.82, 2.24) is 14.7 Å². The first kappa shape index (κ1) is 14.3. The summed E-state index contributed by atoms with van der Waals surface area (Å²) in [5.41, 5.74) is 1.45. The van der Waals surface area contributed by atoms with Crippen LogP contribution in [-0.4, -0.2) is 34.2 Å². The van der Waals surface area contributed by atoms with E-state index in [1.165, 1.54) is 15.8 Å². The summed E-state index contributed by atoms with van der Waals surface area (Å²) in [6.45, 7) is 2.39. The molecule has 2 rings (SSSR count). The maximum absolute atomic E-state index is 12.2. The molecular formula is C15H13N5O. The average molecular weight is 279 g/mol. The van der Waals surface area contributed by atoms with Crippen LogP contribution in [0.5, 0.6) is 0 Å². The van der Waals surface area contributed by atoms with Crippen molar-refractivity contribution in [2.45, 2.75) is 6.92 Å². The highest BCUT2D eigenvalue weighted by atomic mass is 16.2. The van der Waals surface area contributed by atoms with Crippen LogP contribution in [0, 0.1) is 22.7 Å². The Kier molecular flexibility index (Phi) is 4.01. The average Bonchev–Trinajstić information content (AvgIpc) is 2.97. The third-order valence-electron chi connectivity index (χ3n) is 3.15. The van der Waals surface area contributed by atoms with Crippen molar-refractivity contribution in [3.63, 3.8) is 0 Å². The fourth-order valence-corrected chi connectivity index (χ4v) is 1.86. The minimum absolute atomic E-state index is 0.162. The summed E-state index contributed by atoms with van der Waals surface area (Å²) < 4.78 is 1.37. The fraction of sp³-hybridized carbons (Fsp3) is 0.200. The number of nitriles is 2. The lowest BCUT2D eigenvalue weighted by Crippen LogP contribution is -2.26. The molecule has 104 valence electrons. The molecule has 1 amide bonds. The predicted molar refractivity (Wildman–Crippen MR) is 75.6 cm³/mol. The van der Waals surface area contributed by atoms with Crippen LogP contribution >= 0.6 is 0 Å². The summed E-state index contributed by atoms with van der Waals surface area (Å²) in [4.78, 5) is 13.7. The van der Waals surface area contributed by atoms with Gasteiger partial charge >= 0.3 is 0 Å². The van der Waals surface area contributed by atoms with Gasteiger partial charge in [0.15, 0.2) is 5.69 Å². The van der Waals surface area contributed by atoms with Gasteiger partial charge in [-0.15, -0.1) is 0 Å². The second-order valence-electron chi connectivity index (χ2n) is 4.41. The zero-order chi connectivity index (χ0) is 15.4. The largest absolute Gasteiger partial charge is 0.342 e. The molecule has 0 fully saturated rings. The number of carbonyl (C=O) groups is 1. The summed E-state index contributed by atoms with van der Waals surface area (Å²) in [5.74, 6) is -0.253. The van der Waals surface area contributed by atoms with Crippen molar-refractivity contribution in [3.05, 3.63) is 47.3 Å². The van der Waals surface area contributed by atoms with E-state index in [0.717, 1.165) is 0 Å². The van der Waals surface area contributed by atoms with Gasteiger partial charge in [-0.1, -0.05) is 6.07 Å². The van der Waals surface area contributed by atoms with Crippen molar-refractivity contribution >= 4 is 5.91 Å². The van der Waals surface area contributed by atoms with Gasteiger partial charge in [-0.2, -0.15) is 15.6 Å². The first-order valence-corrected chi connectivity index (χ1v) is 6.36. The third-order valence-corrected chi connectivity index (χ3v) is 3.15. The van der Waals surface area contributed by atoms with Crippen molar-refractivity contribution in [2.24, 2.45) is 0 Å². The van der Waals surface area contributed by atoms with Crippen LogP contribution in [-0.2, 0) is 0 Å². The van der Waals surface area contributed by atoms with Crippen LogP contribution in [0.3, 0.4) is 0 Å². The molecule has 0 unspecified atom stereocenters. The first-order chi connectivity index (χ1) is 10.1. The summed E-state index contributed by atoms with van der Waals surface area (Å²) in [7, 11) is 1.66. The molecule has 1 heterocycles. The van der Waals surface area contributed by atoms with E-state index in [4.69, 9.17) is 5.26 Å². The molecule has 0 bridgehead atoms. The van der Waals surface area contributed by atoms with E-state index in [-0.39, 0.29) is 17.2 Å². The van der Waals surface area contributed by atoms with Crippen molar-refractivity contribution < 1.29 is 4.79 Å². The maximum atomic E-state index is 12.2. The van der Waals surface area contributed by atoms with Crippen LogP contribution in [0.4, 0.5) is 0 Å². The molecule has 0 saturated heterocycles. The van der Waals surface area contributed by atoms with Gasteiger partial charge in [0.1, 0.15) is 6.07 Å². The maximum Gasteiger partial charge on any atom is 0.258 e. The second kappa shape index (κ2) is 5.89. The molecule has 6 nitrogen and oxygen atoms in total. The molecule has 0 aliphatic carbocycles. The first-order valence-electron chi connectivity index (χ1n) is 6.36. The van der Waals surface area contributed by atoms with Crippen LogP contribution in [0.15, 0.2) is 30.5 Å². The number of benzene rings is 1. The quantitative estimate of drug-likeness (QED) is 0.855. The number of hydrogen-bond acceptors (Lipinski definition) is 4. The lowest BCUT2D eigenvalue weighted by atomic mass is 10.2. The van der Waals surface area contributed by atoms with E-state index < -0.39 is 0 Å². The summed E-state index contributed by atoms with van der Waals surface area (Å²) in [6.07, 6.45) is 1.38. The number of aromatic nitrogens is 2. The molecule has 2 aromatic rings. The highest BCUT2D eigenvalue weighted by Crippen LogP contribution is 2.16. The number of amides is 1. The lowest BCUT2D eigenvalue weighted by molar-refractivity contribution is 0.0802.